The van der Waals surface area contributed by atoms with Gasteiger partial charge in [-0.25, -0.2) is 4.68 Å². The molecule has 2 aromatic heterocycles. The van der Waals surface area contributed by atoms with Crippen molar-refractivity contribution in [3.05, 3.63) is 17.5 Å². The Morgan fingerprint density at radius 2 is 2.35 bits per heavy atom. The Kier molecular flexibility index (Phi) is 3.09. The van der Waals surface area contributed by atoms with E-state index in [1.54, 1.807) is 18.5 Å². The number of aromatic nitrogens is 5. The van der Waals surface area contributed by atoms with Crippen molar-refractivity contribution in [1.29, 1.82) is 0 Å². The smallest absolute Gasteiger partial charge is 0.291 e. The molecule has 0 fully saturated rings. The van der Waals surface area contributed by atoms with Gasteiger partial charge in [0.2, 0.25) is 17.7 Å². The Hall–Kier alpha value is -2.45. The van der Waals surface area contributed by atoms with Crippen LogP contribution < -0.4 is 10.6 Å². The molecule has 0 radical (unpaired) electrons. The third-order valence-electron chi connectivity index (χ3n) is 2.98. The van der Waals surface area contributed by atoms with Crippen LogP contribution in [0.15, 0.2) is 4.52 Å². The average Bonchev–Trinajstić information content (AvgIpc) is 3.04. The molecule has 0 spiro atoms. The summed E-state index contributed by atoms with van der Waals surface area (Å²) in [6.07, 6.45) is 0.968. The summed E-state index contributed by atoms with van der Waals surface area (Å²) in [5.74, 6) is 1.30. The fourth-order valence-corrected chi connectivity index (χ4v) is 1.97. The maximum absolute atomic E-state index is 12.1. The minimum Gasteiger partial charge on any atom is -0.354 e. The van der Waals surface area contributed by atoms with Crippen LogP contribution in [0, 0.1) is 6.92 Å². The van der Waals surface area contributed by atoms with E-state index in [9.17, 15) is 4.79 Å². The number of amides is 1. The molecule has 9 heteroatoms. The Morgan fingerprint density at radius 3 is 3.05 bits per heavy atom. The molecule has 106 valence electrons. The molecule has 0 bridgehead atoms. The quantitative estimate of drug-likeness (QED) is 0.828. The zero-order valence-corrected chi connectivity index (χ0v) is 11.3. The van der Waals surface area contributed by atoms with Crippen molar-refractivity contribution >= 4 is 11.9 Å². The molecule has 0 aromatic carbocycles. The van der Waals surface area contributed by atoms with Crippen LogP contribution >= 0.6 is 0 Å². The molecule has 9 nitrogen and oxygen atoms in total. The van der Waals surface area contributed by atoms with E-state index in [0.717, 1.165) is 19.5 Å². The van der Waals surface area contributed by atoms with Gasteiger partial charge in [-0.3, -0.25) is 4.79 Å². The standard InChI is InChI=1S/C11H15N7O2/c1-6(8-14-7(2)20-17-8)13-10(19)9-15-11-12-4-3-5-18(11)16-9/h6H,3-5H2,1-2H3,(H,13,19)(H,12,15,16). The summed E-state index contributed by atoms with van der Waals surface area (Å²) in [5, 5.41) is 13.8. The summed E-state index contributed by atoms with van der Waals surface area (Å²) in [7, 11) is 0. The molecule has 2 aromatic rings. The summed E-state index contributed by atoms with van der Waals surface area (Å²) in [6, 6.07) is -0.367. The van der Waals surface area contributed by atoms with Crippen molar-refractivity contribution in [3.63, 3.8) is 0 Å². The molecule has 1 aliphatic rings. The van der Waals surface area contributed by atoms with Crippen molar-refractivity contribution in [2.24, 2.45) is 0 Å². The number of carbonyl (C=O) groups is 1. The highest BCUT2D eigenvalue weighted by atomic mass is 16.5. The number of rotatable bonds is 3. The zero-order valence-electron chi connectivity index (χ0n) is 11.3. The molecule has 0 saturated heterocycles. The minimum atomic E-state index is -0.367. The van der Waals surface area contributed by atoms with Crippen LogP contribution in [0.3, 0.4) is 0 Å². The second kappa shape index (κ2) is 4.91. The lowest BCUT2D eigenvalue weighted by atomic mass is 10.3. The number of nitrogens with one attached hydrogen (secondary N) is 2. The van der Waals surface area contributed by atoms with Crippen molar-refractivity contribution in [2.75, 3.05) is 11.9 Å². The van der Waals surface area contributed by atoms with Crippen LogP contribution in [0.5, 0.6) is 0 Å². The van der Waals surface area contributed by atoms with Crippen LogP contribution in [0.4, 0.5) is 5.95 Å². The summed E-state index contributed by atoms with van der Waals surface area (Å²) >= 11 is 0. The Labute approximate surface area is 114 Å². The third-order valence-corrected chi connectivity index (χ3v) is 2.98. The van der Waals surface area contributed by atoms with Crippen LogP contribution in [-0.2, 0) is 6.54 Å². The van der Waals surface area contributed by atoms with Gasteiger partial charge in [0.25, 0.3) is 5.91 Å². The number of carbonyl (C=O) groups excluding carboxylic acids is 1. The second-order valence-electron chi connectivity index (χ2n) is 4.63. The Balaban J connectivity index is 1.71. The van der Waals surface area contributed by atoms with Gasteiger partial charge < -0.3 is 15.2 Å². The lowest BCUT2D eigenvalue weighted by Gasteiger charge is -2.12. The van der Waals surface area contributed by atoms with Gasteiger partial charge in [0.1, 0.15) is 0 Å². The molecule has 3 heterocycles. The first kappa shape index (κ1) is 12.6. The van der Waals surface area contributed by atoms with Gasteiger partial charge >= 0.3 is 0 Å². The lowest BCUT2D eigenvalue weighted by Crippen LogP contribution is -2.28. The summed E-state index contributed by atoms with van der Waals surface area (Å²) in [6.45, 7) is 5.08. The maximum Gasteiger partial charge on any atom is 0.291 e. The minimum absolute atomic E-state index is 0.140. The van der Waals surface area contributed by atoms with E-state index >= 15 is 0 Å². The van der Waals surface area contributed by atoms with Crippen molar-refractivity contribution in [3.8, 4) is 0 Å². The van der Waals surface area contributed by atoms with Crippen LogP contribution in [-0.4, -0.2) is 37.4 Å². The first-order valence-corrected chi connectivity index (χ1v) is 6.43. The highest BCUT2D eigenvalue weighted by Crippen LogP contribution is 2.12. The fourth-order valence-electron chi connectivity index (χ4n) is 1.97. The molecular weight excluding hydrogens is 262 g/mol. The van der Waals surface area contributed by atoms with Gasteiger partial charge in [-0.1, -0.05) is 5.16 Å². The summed E-state index contributed by atoms with van der Waals surface area (Å²) < 4.78 is 6.58. The van der Waals surface area contributed by atoms with Gasteiger partial charge in [0.05, 0.1) is 6.04 Å². The topological polar surface area (TPSA) is 111 Å². The number of hydrogen-bond acceptors (Lipinski definition) is 7. The Morgan fingerprint density at radius 1 is 1.50 bits per heavy atom. The molecule has 2 N–H and O–H groups in total. The molecule has 3 rings (SSSR count). The van der Waals surface area contributed by atoms with Crippen molar-refractivity contribution in [1.82, 2.24) is 30.2 Å². The molecule has 20 heavy (non-hydrogen) atoms. The highest BCUT2D eigenvalue weighted by Gasteiger charge is 2.21. The monoisotopic (exact) mass is 277 g/mol. The number of anilines is 1. The van der Waals surface area contributed by atoms with Gasteiger partial charge in [-0.15, -0.1) is 5.10 Å². The summed E-state index contributed by atoms with van der Waals surface area (Å²) in [5.41, 5.74) is 0. The number of aryl methyl sites for hydroxylation is 2. The zero-order chi connectivity index (χ0) is 14.1. The largest absolute Gasteiger partial charge is 0.354 e. The van der Waals surface area contributed by atoms with Gasteiger partial charge in [0.15, 0.2) is 5.82 Å². The lowest BCUT2D eigenvalue weighted by molar-refractivity contribution is 0.0927. The van der Waals surface area contributed by atoms with E-state index in [-0.39, 0.29) is 17.8 Å². The van der Waals surface area contributed by atoms with Gasteiger partial charge in [-0.05, 0) is 13.3 Å². The SMILES string of the molecule is Cc1nc(C(C)NC(=O)c2nc3n(n2)CCCN3)no1. The average molecular weight is 277 g/mol. The Bertz CT molecular complexity index is 609. The maximum atomic E-state index is 12.1. The fraction of sp³-hybridized carbons (Fsp3) is 0.545. The van der Waals surface area contributed by atoms with E-state index in [1.165, 1.54) is 0 Å². The van der Waals surface area contributed by atoms with E-state index in [0.29, 0.717) is 17.7 Å². The number of hydrogen-bond donors (Lipinski definition) is 2. The van der Waals surface area contributed by atoms with Crippen molar-refractivity contribution < 1.29 is 9.32 Å². The second-order valence-corrected chi connectivity index (χ2v) is 4.63. The number of nitrogens with zero attached hydrogens (tertiary/aromatic N) is 5. The van der Waals surface area contributed by atoms with E-state index < -0.39 is 0 Å². The molecule has 1 unspecified atom stereocenters. The molecular formula is C11H15N7O2. The molecule has 1 atom stereocenters. The molecule has 1 aliphatic heterocycles. The van der Waals surface area contributed by atoms with Crippen LogP contribution in [0.25, 0.3) is 0 Å². The normalized spacial score (nSPS) is 15.3. The summed E-state index contributed by atoms with van der Waals surface area (Å²) in [4.78, 5) is 20.3. The van der Waals surface area contributed by atoms with Gasteiger partial charge in [0, 0.05) is 20.0 Å². The number of fused-ring (bicyclic) bond motifs is 1. The first-order valence-electron chi connectivity index (χ1n) is 6.43. The predicted molar refractivity (Wildman–Crippen MR) is 68.0 cm³/mol. The molecule has 0 aliphatic carbocycles. The predicted octanol–water partition coefficient (Wildman–Crippen LogP) is 0.276. The molecule has 0 saturated carbocycles. The van der Waals surface area contributed by atoms with E-state index in [2.05, 4.69) is 30.9 Å². The molecule has 1 amide bonds. The first-order chi connectivity index (χ1) is 9.63. The van der Waals surface area contributed by atoms with Gasteiger partial charge in [-0.2, -0.15) is 9.97 Å². The van der Waals surface area contributed by atoms with E-state index in [4.69, 9.17) is 4.52 Å². The van der Waals surface area contributed by atoms with Crippen molar-refractivity contribution in [2.45, 2.75) is 32.9 Å². The van der Waals surface area contributed by atoms with Crippen LogP contribution in [0.2, 0.25) is 0 Å². The van der Waals surface area contributed by atoms with E-state index in [1.807, 2.05) is 0 Å². The highest BCUT2D eigenvalue weighted by molar-refractivity contribution is 5.90. The third kappa shape index (κ3) is 2.33. The van der Waals surface area contributed by atoms with Crippen LogP contribution in [0.1, 0.15) is 41.7 Å².